The zero-order valence-electron chi connectivity index (χ0n) is 15.3. The lowest BCUT2D eigenvalue weighted by Gasteiger charge is -2.20. The molecule has 0 amide bonds. The lowest BCUT2D eigenvalue weighted by atomic mass is 10.1. The molecule has 1 aliphatic rings. The first-order valence-electron chi connectivity index (χ1n) is 8.98. The van der Waals surface area contributed by atoms with Crippen molar-refractivity contribution < 1.29 is 0 Å². The number of likely N-dealkylation sites (N-methyl/N-ethyl adjacent to an activating group) is 1. The Balaban J connectivity index is 0.00000288. The van der Waals surface area contributed by atoms with Gasteiger partial charge in [-0.25, -0.2) is 0 Å². The maximum absolute atomic E-state index is 4.79. The topological polar surface area (TPSA) is 39.7 Å². The highest BCUT2D eigenvalue weighted by Crippen LogP contribution is 2.14. The van der Waals surface area contributed by atoms with Gasteiger partial charge in [0.2, 0.25) is 0 Å². The molecule has 2 atom stereocenters. The Morgan fingerprint density at radius 3 is 2.71 bits per heavy atom. The van der Waals surface area contributed by atoms with Crippen LogP contribution in [0.25, 0.3) is 0 Å². The molecule has 2 unspecified atom stereocenters. The van der Waals surface area contributed by atoms with E-state index in [4.69, 9.17) is 4.99 Å². The van der Waals surface area contributed by atoms with Crippen molar-refractivity contribution in [1.29, 1.82) is 0 Å². The molecule has 1 heterocycles. The van der Waals surface area contributed by atoms with Gasteiger partial charge in [-0.05, 0) is 58.7 Å². The summed E-state index contributed by atoms with van der Waals surface area (Å²) in [6, 6.07) is 11.7. The quantitative estimate of drug-likeness (QED) is 0.385. The molecular formula is C19H33IN4. The van der Waals surface area contributed by atoms with Gasteiger partial charge >= 0.3 is 0 Å². The molecule has 0 aromatic heterocycles. The van der Waals surface area contributed by atoms with E-state index in [-0.39, 0.29) is 24.0 Å². The Kier molecular flexibility index (Phi) is 10.3. The molecule has 1 fully saturated rings. The van der Waals surface area contributed by atoms with Crippen molar-refractivity contribution >= 4 is 29.9 Å². The lowest BCUT2D eigenvalue weighted by molar-refractivity contribution is 0.317. The summed E-state index contributed by atoms with van der Waals surface area (Å²) < 4.78 is 0. The Labute approximate surface area is 164 Å². The fourth-order valence-corrected chi connectivity index (χ4v) is 3.06. The summed E-state index contributed by atoms with van der Waals surface area (Å²) in [5.41, 5.74) is 1.40. The molecule has 4 nitrogen and oxygen atoms in total. The minimum absolute atomic E-state index is 0. The summed E-state index contributed by atoms with van der Waals surface area (Å²) in [6.07, 6.45) is 4.77. The predicted molar refractivity (Wildman–Crippen MR) is 114 cm³/mol. The third-order valence-corrected chi connectivity index (χ3v) is 4.57. The fourth-order valence-electron chi connectivity index (χ4n) is 3.06. The van der Waals surface area contributed by atoms with Crippen LogP contribution >= 0.6 is 24.0 Å². The number of aliphatic imine (C=N–C) groups is 1. The Morgan fingerprint density at radius 1 is 1.33 bits per heavy atom. The number of aryl methyl sites for hydroxylation is 1. The highest BCUT2D eigenvalue weighted by atomic mass is 127. The molecule has 0 aliphatic carbocycles. The number of nitrogens with zero attached hydrogens (tertiary/aromatic N) is 2. The van der Waals surface area contributed by atoms with Crippen molar-refractivity contribution in [2.24, 2.45) is 4.99 Å². The molecule has 1 aromatic carbocycles. The number of benzene rings is 1. The number of hydrogen-bond donors (Lipinski definition) is 2. The first kappa shape index (κ1) is 21.2. The second-order valence-corrected chi connectivity index (χ2v) is 6.57. The molecular weight excluding hydrogens is 411 g/mol. The normalized spacial score (nSPS) is 19.6. The van der Waals surface area contributed by atoms with E-state index in [1.807, 2.05) is 0 Å². The van der Waals surface area contributed by atoms with Gasteiger partial charge in [-0.15, -0.1) is 24.0 Å². The third-order valence-electron chi connectivity index (χ3n) is 4.57. The van der Waals surface area contributed by atoms with Gasteiger partial charge < -0.3 is 15.5 Å². The van der Waals surface area contributed by atoms with Crippen LogP contribution in [0.4, 0.5) is 0 Å². The van der Waals surface area contributed by atoms with Gasteiger partial charge in [-0.1, -0.05) is 30.3 Å². The van der Waals surface area contributed by atoms with E-state index >= 15 is 0 Å². The van der Waals surface area contributed by atoms with Crippen LogP contribution in [0, 0.1) is 0 Å². The maximum atomic E-state index is 4.79. The summed E-state index contributed by atoms with van der Waals surface area (Å²) in [5.74, 6) is 0.952. The highest BCUT2D eigenvalue weighted by molar-refractivity contribution is 14.0. The van der Waals surface area contributed by atoms with E-state index in [1.54, 1.807) is 0 Å². The van der Waals surface area contributed by atoms with Crippen molar-refractivity contribution in [3.63, 3.8) is 0 Å². The number of halogens is 1. The fraction of sp³-hybridized carbons (Fsp3) is 0.632. The standard InChI is InChI=1S/C19H32N4.HI/c1-4-20-19(21-15-18-11-8-14-23(18)3)22-16(2)12-13-17-9-6-5-7-10-17;/h5-7,9-10,16,18H,4,8,11-15H2,1-3H3,(H2,20,21,22);1H. The van der Waals surface area contributed by atoms with Crippen LogP contribution in [-0.4, -0.2) is 49.6 Å². The van der Waals surface area contributed by atoms with Gasteiger partial charge in [0.15, 0.2) is 5.96 Å². The van der Waals surface area contributed by atoms with Crippen molar-refractivity contribution in [2.75, 3.05) is 26.7 Å². The summed E-state index contributed by atoms with van der Waals surface area (Å²) in [7, 11) is 2.20. The van der Waals surface area contributed by atoms with Gasteiger partial charge in [0.05, 0.1) is 6.54 Å². The molecule has 2 rings (SSSR count). The van der Waals surface area contributed by atoms with E-state index in [0.717, 1.165) is 31.9 Å². The average Bonchev–Trinajstić information content (AvgIpc) is 2.97. The Bertz CT molecular complexity index is 478. The average molecular weight is 444 g/mol. The number of nitrogens with one attached hydrogen (secondary N) is 2. The maximum Gasteiger partial charge on any atom is 0.191 e. The smallest absolute Gasteiger partial charge is 0.191 e. The number of likely N-dealkylation sites (tertiary alicyclic amines) is 1. The Hall–Kier alpha value is -0.820. The van der Waals surface area contributed by atoms with Crippen LogP contribution in [0.5, 0.6) is 0 Å². The van der Waals surface area contributed by atoms with Crippen molar-refractivity contribution in [1.82, 2.24) is 15.5 Å². The second kappa shape index (κ2) is 11.7. The predicted octanol–water partition coefficient (Wildman–Crippen LogP) is 3.28. The summed E-state index contributed by atoms with van der Waals surface area (Å²) in [6.45, 7) is 7.34. The van der Waals surface area contributed by atoms with Crippen molar-refractivity contribution in [3.8, 4) is 0 Å². The summed E-state index contributed by atoms with van der Waals surface area (Å²) in [4.78, 5) is 7.22. The van der Waals surface area contributed by atoms with E-state index < -0.39 is 0 Å². The van der Waals surface area contributed by atoms with E-state index in [9.17, 15) is 0 Å². The van der Waals surface area contributed by atoms with Crippen LogP contribution in [0.3, 0.4) is 0 Å². The van der Waals surface area contributed by atoms with E-state index in [2.05, 4.69) is 66.8 Å². The van der Waals surface area contributed by atoms with E-state index in [0.29, 0.717) is 12.1 Å². The van der Waals surface area contributed by atoms with Crippen LogP contribution in [0.1, 0.15) is 38.7 Å². The van der Waals surface area contributed by atoms with Crippen molar-refractivity contribution in [3.05, 3.63) is 35.9 Å². The minimum atomic E-state index is 0. The molecule has 5 heteroatoms. The van der Waals surface area contributed by atoms with Gasteiger partial charge in [0.1, 0.15) is 0 Å². The summed E-state index contributed by atoms with van der Waals surface area (Å²) >= 11 is 0. The van der Waals surface area contributed by atoms with Crippen LogP contribution < -0.4 is 10.6 Å². The van der Waals surface area contributed by atoms with Crippen LogP contribution in [-0.2, 0) is 6.42 Å². The first-order valence-corrected chi connectivity index (χ1v) is 8.98. The van der Waals surface area contributed by atoms with Gasteiger partial charge in [0, 0.05) is 18.6 Å². The van der Waals surface area contributed by atoms with E-state index in [1.165, 1.54) is 24.9 Å². The second-order valence-electron chi connectivity index (χ2n) is 6.57. The van der Waals surface area contributed by atoms with Gasteiger partial charge in [0.25, 0.3) is 0 Å². The molecule has 1 saturated heterocycles. The molecule has 24 heavy (non-hydrogen) atoms. The number of rotatable bonds is 7. The Morgan fingerprint density at radius 2 is 2.08 bits per heavy atom. The first-order chi connectivity index (χ1) is 11.2. The zero-order chi connectivity index (χ0) is 16.5. The SMILES string of the molecule is CCNC(=NCC1CCCN1C)NC(C)CCc1ccccc1.I. The van der Waals surface area contributed by atoms with Crippen molar-refractivity contribution in [2.45, 2.75) is 51.6 Å². The molecule has 0 spiro atoms. The zero-order valence-corrected chi connectivity index (χ0v) is 17.6. The molecule has 136 valence electrons. The van der Waals surface area contributed by atoms with Crippen LogP contribution in [0.15, 0.2) is 35.3 Å². The molecule has 2 N–H and O–H groups in total. The van der Waals surface area contributed by atoms with Gasteiger partial charge in [-0.3, -0.25) is 4.99 Å². The number of hydrogen-bond acceptors (Lipinski definition) is 2. The lowest BCUT2D eigenvalue weighted by Crippen LogP contribution is -2.43. The van der Waals surface area contributed by atoms with Gasteiger partial charge in [-0.2, -0.15) is 0 Å². The molecule has 0 saturated carbocycles. The molecule has 1 aliphatic heterocycles. The molecule has 0 bridgehead atoms. The number of guanidine groups is 1. The monoisotopic (exact) mass is 444 g/mol. The van der Waals surface area contributed by atoms with Crippen LogP contribution in [0.2, 0.25) is 0 Å². The minimum Gasteiger partial charge on any atom is -0.357 e. The molecule has 1 aromatic rings. The largest absolute Gasteiger partial charge is 0.357 e. The molecule has 0 radical (unpaired) electrons. The third kappa shape index (κ3) is 7.38. The highest BCUT2D eigenvalue weighted by Gasteiger charge is 2.20. The summed E-state index contributed by atoms with van der Waals surface area (Å²) in [5, 5.41) is 6.92.